The second-order valence-corrected chi connectivity index (χ2v) is 3.76. The zero-order chi connectivity index (χ0) is 10.7. The van der Waals surface area contributed by atoms with Crippen LogP contribution in [0.4, 0.5) is 0 Å². The van der Waals surface area contributed by atoms with Gasteiger partial charge >= 0.3 is 0 Å². The van der Waals surface area contributed by atoms with Crippen molar-refractivity contribution in [3.8, 4) is 11.4 Å². The average molecular weight is 220 g/mol. The number of aromatic nitrogens is 2. The molecule has 1 aromatic heterocycles. The molecule has 0 bridgehead atoms. The zero-order valence-corrected chi connectivity index (χ0v) is 9.49. The molecule has 0 saturated carbocycles. The number of thioether (sulfide) groups is 1. The molecule has 78 valence electrons. The summed E-state index contributed by atoms with van der Waals surface area (Å²) in [5.74, 6) is 0.865. The van der Waals surface area contributed by atoms with Crippen molar-refractivity contribution in [1.29, 1.82) is 0 Å². The van der Waals surface area contributed by atoms with Gasteiger partial charge in [0.1, 0.15) is 5.75 Å². The van der Waals surface area contributed by atoms with Crippen molar-refractivity contribution in [3.63, 3.8) is 0 Å². The van der Waals surface area contributed by atoms with E-state index < -0.39 is 0 Å². The van der Waals surface area contributed by atoms with Gasteiger partial charge in [-0.15, -0.1) is 0 Å². The van der Waals surface area contributed by atoms with E-state index in [0.717, 1.165) is 16.6 Å². The second-order valence-electron chi connectivity index (χ2n) is 2.98. The smallest absolute Gasteiger partial charge is 0.172 e. The third-order valence-electron chi connectivity index (χ3n) is 2.14. The van der Waals surface area contributed by atoms with Crippen LogP contribution in [0.1, 0.15) is 0 Å². The lowest BCUT2D eigenvalue weighted by atomic mass is 10.3. The lowest BCUT2D eigenvalue weighted by molar-refractivity contribution is 0.414. The van der Waals surface area contributed by atoms with Crippen LogP contribution in [0.25, 0.3) is 5.69 Å². The van der Waals surface area contributed by atoms with Crippen molar-refractivity contribution in [2.75, 3.05) is 13.4 Å². The van der Waals surface area contributed by atoms with Crippen molar-refractivity contribution < 1.29 is 4.74 Å². The van der Waals surface area contributed by atoms with Crippen LogP contribution < -0.4 is 4.74 Å². The van der Waals surface area contributed by atoms with Crippen LogP contribution in [0, 0.1) is 0 Å². The summed E-state index contributed by atoms with van der Waals surface area (Å²) >= 11 is 1.63. The second kappa shape index (κ2) is 4.40. The van der Waals surface area contributed by atoms with Gasteiger partial charge in [0.25, 0.3) is 0 Å². The molecule has 0 unspecified atom stereocenters. The summed E-state index contributed by atoms with van der Waals surface area (Å²) in [6, 6.07) is 7.92. The zero-order valence-electron chi connectivity index (χ0n) is 8.68. The Morgan fingerprint density at radius 3 is 2.60 bits per heavy atom. The van der Waals surface area contributed by atoms with Crippen molar-refractivity contribution in [2.45, 2.75) is 5.16 Å². The van der Waals surface area contributed by atoms with E-state index in [1.807, 2.05) is 41.3 Å². The van der Waals surface area contributed by atoms with Gasteiger partial charge in [-0.2, -0.15) is 0 Å². The molecule has 0 radical (unpaired) electrons. The number of rotatable bonds is 3. The summed E-state index contributed by atoms with van der Waals surface area (Å²) in [7, 11) is 1.67. The predicted octanol–water partition coefficient (Wildman–Crippen LogP) is 2.60. The molecule has 0 saturated heterocycles. The SMILES string of the molecule is COc1ccc(-n2ccnc2SC)cc1. The van der Waals surface area contributed by atoms with E-state index in [9.17, 15) is 0 Å². The normalized spacial score (nSPS) is 10.3. The maximum absolute atomic E-state index is 5.11. The number of benzene rings is 1. The Kier molecular flexibility index (Phi) is 2.97. The molecule has 0 N–H and O–H groups in total. The molecule has 0 aliphatic carbocycles. The molecule has 0 aliphatic rings. The Morgan fingerprint density at radius 2 is 2.00 bits per heavy atom. The summed E-state index contributed by atoms with van der Waals surface area (Å²) < 4.78 is 7.16. The van der Waals surface area contributed by atoms with Crippen LogP contribution in [0.5, 0.6) is 5.75 Å². The Morgan fingerprint density at radius 1 is 1.27 bits per heavy atom. The lowest BCUT2D eigenvalue weighted by Crippen LogP contribution is -1.94. The van der Waals surface area contributed by atoms with Crippen LogP contribution in [0.15, 0.2) is 41.8 Å². The molecule has 0 amide bonds. The van der Waals surface area contributed by atoms with Gasteiger partial charge in [-0.25, -0.2) is 4.98 Å². The molecule has 0 atom stereocenters. The van der Waals surface area contributed by atoms with Crippen LogP contribution in [0.2, 0.25) is 0 Å². The van der Waals surface area contributed by atoms with Gasteiger partial charge in [-0.3, -0.25) is 4.57 Å². The molecule has 3 nitrogen and oxygen atoms in total. The Bertz CT molecular complexity index is 436. The quantitative estimate of drug-likeness (QED) is 0.744. The topological polar surface area (TPSA) is 27.1 Å². The van der Waals surface area contributed by atoms with E-state index in [0.29, 0.717) is 0 Å². The largest absolute Gasteiger partial charge is 0.497 e. The number of hydrogen-bond acceptors (Lipinski definition) is 3. The maximum Gasteiger partial charge on any atom is 0.172 e. The molecule has 1 aromatic carbocycles. The van der Waals surface area contributed by atoms with E-state index in [-0.39, 0.29) is 0 Å². The first-order chi connectivity index (χ1) is 7.35. The Balaban J connectivity index is 2.37. The van der Waals surface area contributed by atoms with E-state index in [4.69, 9.17) is 4.74 Å². The number of imidazole rings is 1. The minimum absolute atomic E-state index is 0.865. The van der Waals surface area contributed by atoms with Gasteiger partial charge in [0.15, 0.2) is 5.16 Å². The molecule has 0 spiro atoms. The first-order valence-electron chi connectivity index (χ1n) is 4.57. The first-order valence-corrected chi connectivity index (χ1v) is 5.79. The Labute approximate surface area is 93.1 Å². The highest BCUT2D eigenvalue weighted by molar-refractivity contribution is 7.98. The van der Waals surface area contributed by atoms with Gasteiger partial charge in [-0.1, -0.05) is 11.8 Å². The van der Waals surface area contributed by atoms with Gasteiger partial charge < -0.3 is 4.74 Å². The van der Waals surface area contributed by atoms with E-state index in [2.05, 4.69) is 4.98 Å². The van der Waals surface area contributed by atoms with Crippen molar-refractivity contribution in [2.24, 2.45) is 0 Å². The van der Waals surface area contributed by atoms with Crippen LogP contribution in [-0.4, -0.2) is 22.9 Å². The number of methoxy groups -OCH3 is 1. The molecule has 0 fully saturated rings. The molecular formula is C11H12N2OS. The van der Waals surface area contributed by atoms with E-state index in [1.54, 1.807) is 25.1 Å². The number of nitrogens with zero attached hydrogens (tertiary/aromatic N) is 2. The highest BCUT2D eigenvalue weighted by atomic mass is 32.2. The van der Waals surface area contributed by atoms with E-state index in [1.165, 1.54) is 0 Å². The van der Waals surface area contributed by atoms with Gasteiger partial charge in [0, 0.05) is 18.1 Å². The van der Waals surface area contributed by atoms with Crippen molar-refractivity contribution in [3.05, 3.63) is 36.7 Å². The van der Waals surface area contributed by atoms with Crippen molar-refractivity contribution in [1.82, 2.24) is 9.55 Å². The van der Waals surface area contributed by atoms with E-state index >= 15 is 0 Å². The first kappa shape index (κ1) is 10.1. The third-order valence-corrected chi connectivity index (χ3v) is 2.81. The van der Waals surface area contributed by atoms with Crippen molar-refractivity contribution >= 4 is 11.8 Å². The Hall–Kier alpha value is -1.42. The number of hydrogen-bond donors (Lipinski definition) is 0. The molecule has 0 aliphatic heterocycles. The minimum atomic E-state index is 0.865. The van der Waals surface area contributed by atoms with Gasteiger partial charge in [-0.05, 0) is 30.5 Å². The monoisotopic (exact) mass is 220 g/mol. The molecule has 2 rings (SSSR count). The summed E-state index contributed by atoms with van der Waals surface area (Å²) in [4.78, 5) is 4.25. The average Bonchev–Trinajstić information content (AvgIpc) is 2.77. The molecule has 1 heterocycles. The maximum atomic E-state index is 5.11. The fourth-order valence-electron chi connectivity index (χ4n) is 1.38. The van der Waals surface area contributed by atoms with Gasteiger partial charge in [0.2, 0.25) is 0 Å². The third kappa shape index (κ3) is 1.99. The molecule has 15 heavy (non-hydrogen) atoms. The fraction of sp³-hybridized carbons (Fsp3) is 0.182. The highest BCUT2D eigenvalue weighted by Crippen LogP contribution is 2.20. The summed E-state index contributed by atoms with van der Waals surface area (Å²) in [5, 5.41) is 0.986. The van der Waals surface area contributed by atoms with Crippen LogP contribution in [-0.2, 0) is 0 Å². The summed E-state index contributed by atoms with van der Waals surface area (Å²) in [6.45, 7) is 0. The van der Waals surface area contributed by atoms with Crippen LogP contribution in [0.3, 0.4) is 0 Å². The molecule has 2 aromatic rings. The summed E-state index contributed by atoms with van der Waals surface area (Å²) in [5.41, 5.74) is 1.10. The highest BCUT2D eigenvalue weighted by Gasteiger charge is 2.02. The lowest BCUT2D eigenvalue weighted by Gasteiger charge is -2.06. The van der Waals surface area contributed by atoms with Crippen LogP contribution >= 0.6 is 11.8 Å². The molecular weight excluding hydrogens is 208 g/mol. The standard InChI is InChI=1S/C11H12N2OS/c1-14-10-5-3-9(4-6-10)13-8-7-12-11(13)15-2/h3-8H,1-2H3. The van der Waals surface area contributed by atoms with Gasteiger partial charge in [0.05, 0.1) is 7.11 Å². The number of ether oxygens (including phenoxy) is 1. The minimum Gasteiger partial charge on any atom is -0.497 e. The molecule has 4 heteroatoms. The fourth-order valence-corrected chi connectivity index (χ4v) is 1.91. The summed E-state index contributed by atoms with van der Waals surface area (Å²) in [6.07, 6.45) is 5.77. The predicted molar refractivity (Wildman–Crippen MR) is 61.9 cm³/mol.